The Balaban J connectivity index is 1.71. The van der Waals surface area contributed by atoms with Crippen LogP contribution >= 0.6 is 11.3 Å². The Morgan fingerprint density at radius 3 is 2.73 bits per heavy atom. The Morgan fingerprint density at radius 2 is 2.04 bits per heavy atom. The molecule has 4 rings (SSSR count). The summed E-state index contributed by atoms with van der Waals surface area (Å²) in [6.45, 7) is 0. The van der Waals surface area contributed by atoms with Crippen LogP contribution in [0.4, 0.5) is 0 Å². The molecule has 2 heterocycles. The van der Waals surface area contributed by atoms with Crippen LogP contribution in [0.3, 0.4) is 0 Å². The van der Waals surface area contributed by atoms with E-state index in [0.717, 1.165) is 28.8 Å². The van der Waals surface area contributed by atoms with Crippen LogP contribution in [-0.2, 0) is 24.1 Å². The molecule has 7 nitrogen and oxygen atoms in total. The number of carboxylic acids is 1. The van der Waals surface area contributed by atoms with Crippen LogP contribution in [0.15, 0.2) is 30.5 Å². The number of ether oxygens (including phenoxy) is 1. The van der Waals surface area contributed by atoms with Crippen molar-refractivity contribution in [3.63, 3.8) is 0 Å². The number of carboxylic acid groups (broad SMARTS) is 1. The van der Waals surface area contributed by atoms with Crippen molar-refractivity contribution in [3.8, 4) is 22.1 Å². The van der Waals surface area contributed by atoms with Crippen molar-refractivity contribution >= 4 is 23.2 Å². The van der Waals surface area contributed by atoms with E-state index < -0.39 is 11.9 Å². The van der Waals surface area contributed by atoms with Crippen molar-refractivity contribution in [1.82, 2.24) is 10.2 Å². The highest BCUT2D eigenvalue weighted by atomic mass is 32.1. The van der Waals surface area contributed by atoms with Crippen molar-refractivity contribution in [1.29, 1.82) is 0 Å². The molecule has 0 aliphatic heterocycles. The molecule has 132 valence electrons. The number of nitrogens with two attached hydrogens (primary N) is 1. The average molecular weight is 369 g/mol. The van der Waals surface area contributed by atoms with Gasteiger partial charge in [0.1, 0.15) is 5.75 Å². The van der Waals surface area contributed by atoms with E-state index in [1.165, 1.54) is 11.3 Å². The molecule has 4 N–H and O–H groups in total. The normalized spacial score (nSPS) is 12.3. The number of nitrogens with one attached hydrogen (secondary N) is 1. The molecule has 2 aromatic heterocycles. The third-order valence-corrected chi connectivity index (χ3v) is 5.42. The number of carbonyl (C=O) groups excluding carboxylic acids is 1. The third kappa shape index (κ3) is 2.84. The second-order valence-corrected chi connectivity index (χ2v) is 7.01. The SMILES string of the molecule is NC(=O)c1sc(Oc2ccc(CC(=O)O)cc2)c2c1CCc1cn[nH]c1-2. The monoisotopic (exact) mass is 369 g/mol. The van der Waals surface area contributed by atoms with Gasteiger partial charge in [-0.1, -0.05) is 23.5 Å². The number of amides is 1. The molecule has 1 aliphatic carbocycles. The van der Waals surface area contributed by atoms with Crippen LogP contribution in [0.1, 0.15) is 26.4 Å². The van der Waals surface area contributed by atoms with Gasteiger partial charge < -0.3 is 15.6 Å². The molecular weight excluding hydrogens is 354 g/mol. The Labute approximate surface area is 152 Å². The number of benzene rings is 1. The van der Waals surface area contributed by atoms with Crippen LogP contribution in [-0.4, -0.2) is 27.2 Å². The van der Waals surface area contributed by atoms with Gasteiger partial charge in [0, 0.05) is 0 Å². The zero-order chi connectivity index (χ0) is 18.3. The zero-order valence-corrected chi connectivity index (χ0v) is 14.4. The van der Waals surface area contributed by atoms with E-state index >= 15 is 0 Å². The summed E-state index contributed by atoms with van der Waals surface area (Å²) in [5.41, 5.74) is 9.87. The van der Waals surface area contributed by atoms with E-state index in [1.54, 1.807) is 30.5 Å². The number of carbonyl (C=O) groups is 2. The number of aryl methyl sites for hydroxylation is 1. The fraction of sp³-hybridized carbons (Fsp3) is 0.167. The minimum Gasteiger partial charge on any atom is -0.481 e. The summed E-state index contributed by atoms with van der Waals surface area (Å²) in [5, 5.41) is 16.5. The van der Waals surface area contributed by atoms with Gasteiger partial charge in [0.05, 0.1) is 28.8 Å². The lowest BCUT2D eigenvalue weighted by molar-refractivity contribution is -0.136. The van der Waals surface area contributed by atoms with E-state index in [9.17, 15) is 9.59 Å². The number of hydrogen-bond acceptors (Lipinski definition) is 5. The van der Waals surface area contributed by atoms with Gasteiger partial charge >= 0.3 is 5.97 Å². The topological polar surface area (TPSA) is 118 Å². The highest BCUT2D eigenvalue weighted by Crippen LogP contribution is 2.47. The van der Waals surface area contributed by atoms with Gasteiger partial charge in [0.2, 0.25) is 0 Å². The fourth-order valence-corrected chi connectivity index (χ4v) is 4.22. The number of primary amides is 1. The number of nitrogens with zero attached hydrogens (tertiary/aromatic N) is 1. The summed E-state index contributed by atoms with van der Waals surface area (Å²) in [6.07, 6.45) is 3.24. The third-order valence-electron chi connectivity index (χ3n) is 4.30. The first-order chi connectivity index (χ1) is 12.5. The lowest BCUT2D eigenvalue weighted by Gasteiger charge is -2.14. The molecule has 1 amide bonds. The number of aliphatic carboxylic acids is 1. The fourth-order valence-electron chi connectivity index (χ4n) is 3.14. The summed E-state index contributed by atoms with van der Waals surface area (Å²) in [4.78, 5) is 23.1. The van der Waals surface area contributed by atoms with E-state index in [1.807, 2.05) is 0 Å². The van der Waals surface area contributed by atoms with Crippen molar-refractivity contribution in [2.75, 3.05) is 0 Å². The Bertz CT molecular complexity index is 1000. The second kappa shape index (κ2) is 6.30. The van der Waals surface area contributed by atoms with E-state index in [4.69, 9.17) is 15.6 Å². The second-order valence-electron chi connectivity index (χ2n) is 6.02. The molecule has 8 heteroatoms. The quantitative estimate of drug-likeness (QED) is 0.639. The Kier molecular flexibility index (Phi) is 3.96. The Hall–Kier alpha value is -3.13. The summed E-state index contributed by atoms with van der Waals surface area (Å²) in [7, 11) is 0. The van der Waals surface area contributed by atoms with Crippen LogP contribution < -0.4 is 10.5 Å². The molecule has 0 bridgehead atoms. The van der Waals surface area contributed by atoms with Crippen molar-refractivity contribution < 1.29 is 19.4 Å². The highest BCUT2D eigenvalue weighted by Gasteiger charge is 2.29. The number of rotatable bonds is 5. The Morgan fingerprint density at radius 1 is 1.27 bits per heavy atom. The molecule has 0 spiro atoms. The first kappa shape index (κ1) is 16.3. The lowest BCUT2D eigenvalue weighted by Crippen LogP contribution is -2.13. The lowest BCUT2D eigenvalue weighted by atomic mass is 9.92. The van der Waals surface area contributed by atoms with E-state index in [2.05, 4.69) is 10.2 Å². The van der Waals surface area contributed by atoms with Crippen molar-refractivity contribution in [2.24, 2.45) is 5.73 Å². The van der Waals surface area contributed by atoms with Crippen LogP contribution in [0.25, 0.3) is 11.3 Å². The molecule has 0 unspecified atom stereocenters. The largest absolute Gasteiger partial charge is 0.481 e. The molecule has 0 saturated heterocycles. The maximum Gasteiger partial charge on any atom is 0.307 e. The predicted molar refractivity (Wildman–Crippen MR) is 95.7 cm³/mol. The molecule has 0 fully saturated rings. The smallest absolute Gasteiger partial charge is 0.307 e. The number of H-pyrrole nitrogens is 1. The van der Waals surface area contributed by atoms with Gasteiger partial charge in [-0.3, -0.25) is 14.7 Å². The van der Waals surface area contributed by atoms with Gasteiger partial charge in [-0.25, -0.2) is 0 Å². The van der Waals surface area contributed by atoms with Crippen LogP contribution in [0, 0.1) is 0 Å². The molecule has 0 saturated carbocycles. The van der Waals surface area contributed by atoms with Gasteiger partial charge in [0.25, 0.3) is 5.91 Å². The van der Waals surface area contributed by atoms with E-state index in [0.29, 0.717) is 27.7 Å². The number of thiophene rings is 1. The maximum atomic E-state index is 11.8. The molecule has 1 aromatic carbocycles. The number of hydrogen-bond donors (Lipinski definition) is 3. The van der Waals surface area contributed by atoms with E-state index in [-0.39, 0.29) is 6.42 Å². The van der Waals surface area contributed by atoms with Crippen LogP contribution in [0.2, 0.25) is 0 Å². The molecule has 3 aromatic rings. The average Bonchev–Trinajstić information content (AvgIpc) is 3.20. The van der Waals surface area contributed by atoms with Gasteiger partial charge in [-0.2, -0.15) is 5.10 Å². The zero-order valence-electron chi connectivity index (χ0n) is 13.6. The molecular formula is C18H15N3O4S. The number of aromatic nitrogens is 2. The van der Waals surface area contributed by atoms with Crippen molar-refractivity contribution in [2.45, 2.75) is 19.3 Å². The molecule has 0 atom stereocenters. The molecule has 26 heavy (non-hydrogen) atoms. The van der Waals surface area contributed by atoms with Gasteiger partial charge in [-0.15, -0.1) is 0 Å². The highest BCUT2D eigenvalue weighted by molar-refractivity contribution is 7.16. The maximum absolute atomic E-state index is 11.8. The summed E-state index contributed by atoms with van der Waals surface area (Å²) in [5.74, 6) is -0.796. The van der Waals surface area contributed by atoms with Gasteiger partial charge in [0.15, 0.2) is 5.06 Å². The molecule has 1 aliphatic rings. The van der Waals surface area contributed by atoms with Gasteiger partial charge in [-0.05, 0) is 41.7 Å². The predicted octanol–water partition coefficient (Wildman–Crippen LogP) is 2.76. The first-order valence-electron chi connectivity index (χ1n) is 7.99. The summed E-state index contributed by atoms with van der Waals surface area (Å²) in [6, 6.07) is 6.84. The summed E-state index contributed by atoms with van der Waals surface area (Å²) < 4.78 is 6.01. The van der Waals surface area contributed by atoms with Crippen LogP contribution in [0.5, 0.6) is 10.8 Å². The first-order valence-corrected chi connectivity index (χ1v) is 8.81. The van der Waals surface area contributed by atoms with Crippen molar-refractivity contribution in [3.05, 3.63) is 52.0 Å². The number of fused-ring (bicyclic) bond motifs is 3. The minimum absolute atomic E-state index is 0.0436. The standard InChI is InChI=1S/C18H15N3O4S/c19-17(24)16-12-6-3-10-8-20-21-15(10)14(12)18(26-16)25-11-4-1-9(2-5-11)7-13(22)23/h1-2,4-5,8H,3,6-7H2,(H2,19,24)(H,20,21)(H,22,23). The molecule has 0 radical (unpaired) electrons. The number of aromatic amines is 1. The summed E-state index contributed by atoms with van der Waals surface area (Å²) >= 11 is 1.22. The minimum atomic E-state index is -0.885.